The SMILES string of the molecule is COc1ccc(S(=O)(=O)N(CCO)CCO[C@@H]2C[C@H](c3cccs3)C=C(C(=O)NC3CC4CCC3C4)O2)cc1. The highest BCUT2D eigenvalue weighted by atomic mass is 32.2. The smallest absolute Gasteiger partial charge is 0.286 e. The Bertz CT molecular complexity index is 1250. The third-order valence-electron chi connectivity index (χ3n) is 7.94. The Hall–Kier alpha value is -2.44. The quantitative estimate of drug-likeness (QED) is 0.398. The van der Waals surface area contributed by atoms with Crippen LogP contribution in [0.5, 0.6) is 5.75 Å². The summed E-state index contributed by atoms with van der Waals surface area (Å²) in [5.74, 6) is 1.81. The minimum atomic E-state index is -3.86. The molecule has 5 rings (SSSR count). The maximum absolute atomic E-state index is 13.2. The Morgan fingerprint density at radius 1 is 1.15 bits per heavy atom. The summed E-state index contributed by atoms with van der Waals surface area (Å²) in [5, 5.41) is 14.7. The van der Waals surface area contributed by atoms with Gasteiger partial charge in [0.1, 0.15) is 5.75 Å². The predicted octanol–water partition coefficient (Wildman–Crippen LogP) is 3.48. The van der Waals surface area contributed by atoms with E-state index in [2.05, 4.69) is 5.32 Å². The van der Waals surface area contributed by atoms with E-state index in [-0.39, 0.29) is 54.8 Å². The molecule has 0 spiro atoms. The molecule has 2 fully saturated rings. The first-order valence-corrected chi connectivity index (χ1v) is 15.8. The summed E-state index contributed by atoms with van der Waals surface area (Å²) >= 11 is 1.62. The van der Waals surface area contributed by atoms with Gasteiger partial charge in [0.15, 0.2) is 5.76 Å². The number of allylic oxidation sites excluding steroid dienone is 1. The van der Waals surface area contributed by atoms with E-state index in [0.717, 1.165) is 11.3 Å². The van der Waals surface area contributed by atoms with Crippen molar-refractivity contribution in [1.29, 1.82) is 0 Å². The summed E-state index contributed by atoms with van der Waals surface area (Å²) in [6.07, 6.45) is 6.33. The van der Waals surface area contributed by atoms with E-state index in [1.807, 2.05) is 23.6 Å². The van der Waals surface area contributed by atoms with Crippen LogP contribution in [0, 0.1) is 11.8 Å². The van der Waals surface area contributed by atoms with Gasteiger partial charge in [-0.2, -0.15) is 4.31 Å². The fourth-order valence-electron chi connectivity index (χ4n) is 5.93. The molecular weight excluding hydrogens is 540 g/mol. The van der Waals surface area contributed by atoms with Gasteiger partial charge in [0.2, 0.25) is 16.3 Å². The van der Waals surface area contributed by atoms with Crippen molar-refractivity contribution in [1.82, 2.24) is 9.62 Å². The summed E-state index contributed by atoms with van der Waals surface area (Å²) in [5.41, 5.74) is 0. The second-order valence-corrected chi connectivity index (χ2v) is 13.3. The zero-order valence-electron chi connectivity index (χ0n) is 22.0. The largest absolute Gasteiger partial charge is 0.497 e. The second-order valence-electron chi connectivity index (χ2n) is 10.4. The van der Waals surface area contributed by atoms with E-state index in [9.17, 15) is 18.3 Å². The Morgan fingerprint density at radius 3 is 2.62 bits per heavy atom. The second kappa shape index (κ2) is 12.4. The van der Waals surface area contributed by atoms with E-state index in [4.69, 9.17) is 14.2 Å². The number of carbonyl (C=O) groups excluding carboxylic acids is 1. The molecule has 2 heterocycles. The van der Waals surface area contributed by atoms with Gasteiger partial charge >= 0.3 is 0 Å². The summed E-state index contributed by atoms with van der Waals surface area (Å²) in [6.45, 7) is -0.336. The molecule has 2 aromatic rings. The van der Waals surface area contributed by atoms with Gasteiger partial charge in [-0.3, -0.25) is 4.79 Å². The maximum Gasteiger partial charge on any atom is 0.286 e. The van der Waals surface area contributed by atoms with Crippen LogP contribution in [-0.2, 0) is 24.3 Å². The average molecular weight is 577 g/mol. The van der Waals surface area contributed by atoms with Gasteiger partial charge < -0.3 is 24.6 Å². The number of amides is 1. The summed E-state index contributed by atoms with van der Waals surface area (Å²) < 4.78 is 44.7. The van der Waals surface area contributed by atoms with Crippen LogP contribution in [0.2, 0.25) is 0 Å². The molecule has 2 saturated carbocycles. The molecule has 0 saturated heterocycles. The summed E-state index contributed by atoms with van der Waals surface area (Å²) in [7, 11) is -2.34. The minimum Gasteiger partial charge on any atom is -0.497 e. The fourth-order valence-corrected chi connectivity index (χ4v) is 8.15. The number of fused-ring (bicyclic) bond motifs is 2. The zero-order valence-corrected chi connectivity index (χ0v) is 23.7. The number of hydrogen-bond donors (Lipinski definition) is 2. The van der Waals surface area contributed by atoms with Crippen molar-refractivity contribution in [2.24, 2.45) is 11.8 Å². The Kier molecular flexibility index (Phi) is 8.92. The van der Waals surface area contributed by atoms with E-state index >= 15 is 0 Å². The number of benzene rings is 1. The number of aliphatic hydroxyl groups is 1. The highest BCUT2D eigenvalue weighted by molar-refractivity contribution is 7.89. The number of methoxy groups -OCH3 is 1. The molecule has 1 aliphatic heterocycles. The molecule has 1 aromatic heterocycles. The molecule has 0 radical (unpaired) electrons. The van der Waals surface area contributed by atoms with E-state index in [0.29, 0.717) is 24.0 Å². The van der Waals surface area contributed by atoms with Crippen molar-refractivity contribution in [3.63, 3.8) is 0 Å². The molecular formula is C28H36N2O7S2. The van der Waals surface area contributed by atoms with Crippen LogP contribution >= 0.6 is 11.3 Å². The van der Waals surface area contributed by atoms with Crippen molar-refractivity contribution < 1.29 is 32.5 Å². The van der Waals surface area contributed by atoms with Crippen LogP contribution in [0.1, 0.15) is 42.9 Å². The first-order chi connectivity index (χ1) is 18.9. The number of carbonyl (C=O) groups is 1. The number of sulfonamides is 1. The molecule has 1 amide bonds. The van der Waals surface area contributed by atoms with Crippen LogP contribution in [-0.4, -0.2) is 69.5 Å². The van der Waals surface area contributed by atoms with Crippen molar-refractivity contribution in [2.45, 2.75) is 55.2 Å². The lowest BCUT2D eigenvalue weighted by molar-refractivity contribution is -0.147. The van der Waals surface area contributed by atoms with Crippen molar-refractivity contribution in [2.75, 3.05) is 33.4 Å². The van der Waals surface area contributed by atoms with Crippen LogP contribution < -0.4 is 10.1 Å². The molecule has 3 unspecified atom stereocenters. The van der Waals surface area contributed by atoms with Crippen LogP contribution in [0.4, 0.5) is 0 Å². The number of rotatable bonds is 12. The van der Waals surface area contributed by atoms with Crippen molar-refractivity contribution in [3.8, 4) is 5.75 Å². The highest BCUT2D eigenvalue weighted by Crippen LogP contribution is 2.44. The van der Waals surface area contributed by atoms with E-state index in [1.165, 1.54) is 42.8 Å². The molecule has 5 atom stereocenters. The van der Waals surface area contributed by atoms with Gasteiger partial charge in [-0.15, -0.1) is 11.3 Å². The number of aliphatic hydroxyl groups excluding tert-OH is 1. The number of ether oxygens (including phenoxy) is 3. The average Bonchev–Trinajstić information content (AvgIpc) is 3.72. The molecule has 39 heavy (non-hydrogen) atoms. The lowest BCUT2D eigenvalue weighted by atomic mass is 9.95. The third kappa shape index (κ3) is 6.49. The topological polar surface area (TPSA) is 114 Å². The summed E-state index contributed by atoms with van der Waals surface area (Å²) in [6, 6.07) is 10.3. The number of thiophene rings is 1. The molecule has 2 N–H and O–H groups in total. The first-order valence-electron chi connectivity index (χ1n) is 13.5. The first kappa shape index (κ1) is 28.1. The lowest BCUT2D eigenvalue weighted by Gasteiger charge is -2.31. The molecule has 2 aliphatic carbocycles. The van der Waals surface area contributed by atoms with Crippen molar-refractivity contribution in [3.05, 3.63) is 58.5 Å². The lowest BCUT2D eigenvalue weighted by Crippen LogP contribution is -2.41. The van der Waals surface area contributed by atoms with Crippen LogP contribution in [0.25, 0.3) is 0 Å². The predicted molar refractivity (Wildman–Crippen MR) is 147 cm³/mol. The van der Waals surface area contributed by atoms with E-state index in [1.54, 1.807) is 23.5 Å². The Morgan fingerprint density at radius 2 is 1.97 bits per heavy atom. The maximum atomic E-state index is 13.2. The number of hydrogen-bond acceptors (Lipinski definition) is 8. The molecule has 3 aliphatic rings. The molecule has 9 nitrogen and oxygen atoms in total. The molecule has 2 bridgehead atoms. The third-order valence-corrected chi connectivity index (χ3v) is 10.9. The zero-order chi connectivity index (χ0) is 27.4. The Balaban J connectivity index is 1.23. The van der Waals surface area contributed by atoms with Gasteiger partial charge in [-0.25, -0.2) is 8.42 Å². The van der Waals surface area contributed by atoms with Gasteiger partial charge in [0.25, 0.3) is 5.91 Å². The van der Waals surface area contributed by atoms with Gasteiger partial charge in [0, 0.05) is 36.3 Å². The number of nitrogens with one attached hydrogen (secondary N) is 1. The fraction of sp³-hybridized carbons (Fsp3) is 0.536. The molecule has 212 valence electrons. The van der Waals surface area contributed by atoms with Gasteiger partial charge in [-0.05, 0) is 72.9 Å². The Labute approximate surface area is 233 Å². The van der Waals surface area contributed by atoms with Crippen molar-refractivity contribution >= 4 is 27.3 Å². The molecule has 1 aromatic carbocycles. The van der Waals surface area contributed by atoms with Crippen LogP contribution in [0.15, 0.2) is 58.5 Å². The normalized spacial score (nSPS) is 26.3. The van der Waals surface area contributed by atoms with Gasteiger partial charge in [0.05, 0.1) is 25.2 Å². The summed E-state index contributed by atoms with van der Waals surface area (Å²) in [4.78, 5) is 14.4. The van der Waals surface area contributed by atoms with E-state index < -0.39 is 16.3 Å². The minimum absolute atomic E-state index is 0.0227. The van der Waals surface area contributed by atoms with Crippen LogP contribution in [0.3, 0.4) is 0 Å². The standard InChI is InChI=1S/C28H36N2O7S2/c1-35-22-6-8-23(9-7-22)39(33,34)30(10-12-31)11-13-36-27-18-21(26-3-2-14-38-26)17-25(37-27)28(32)29-24-16-19-4-5-20(24)15-19/h2-3,6-9,14,17,19-21,24,27,31H,4-5,10-13,15-16,18H2,1H3,(H,29,32)/t19?,20?,21-,24?,27+/m1/s1. The molecule has 11 heteroatoms. The number of nitrogens with zero attached hydrogens (tertiary/aromatic N) is 1. The van der Waals surface area contributed by atoms with Gasteiger partial charge in [-0.1, -0.05) is 12.5 Å². The monoisotopic (exact) mass is 576 g/mol. The highest BCUT2D eigenvalue weighted by Gasteiger charge is 2.41.